The number of thioether (sulfide) groups is 2. The molecule has 0 aromatic rings. The Balaban J connectivity index is 1.48. The monoisotopic (exact) mass is 649 g/mol. The highest BCUT2D eigenvalue weighted by Gasteiger charge is 2.77. The van der Waals surface area contributed by atoms with Gasteiger partial charge in [0.05, 0.1) is 19.3 Å². The maximum Gasteiger partial charge on any atom is 0.217 e. The lowest BCUT2D eigenvalue weighted by molar-refractivity contribution is -0.251. The molecule has 9 atom stereocenters. The zero-order valence-corrected chi connectivity index (χ0v) is 28.1. The normalized spacial score (nSPS) is 44.7. The highest BCUT2D eigenvalue weighted by molar-refractivity contribution is 8.19. The van der Waals surface area contributed by atoms with E-state index in [-0.39, 0.29) is 12.5 Å². The minimum atomic E-state index is -1.74. The van der Waals surface area contributed by atoms with E-state index in [0.717, 1.165) is 17.9 Å². The second-order valence-electron chi connectivity index (χ2n) is 14.0. The first-order chi connectivity index (χ1) is 19.9. The molecule has 6 aliphatic heterocycles. The van der Waals surface area contributed by atoms with Crippen molar-refractivity contribution in [2.45, 2.75) is 151 Å². The summed E-state index contributed by atoms with van der Waals surface area (Å²) in [6.45, 7) is 16.6. The topological polar surface area (TPSA) is 132 Å². The van der Waals surface area contributed by atoms with Crippen molar-refractivity contribution in [2.24, 2.45) is 0 Å². The third kappa shape index (κ3) is 5.80. The summed E-state index contributed by atoms with van der Waals surface area (Å²) in [4.78, 5) is 13.1. The molecular formula is C29H47NO11S2. The molecule has 0 radical (unpaired) electrons. The summed E-state index contributed by atoms with van der Waals surface area (Å²) in [5.41, 5.74) is -1.74. The molecule has 246 valence electrons. The Labute approximate surface area is 262 Å². The third-order valence-electron chi connectivity index (χ3n) is 8.71. The molecule has 6 heterocycles. The van der Waals surface area contributed by atoms with Gasteiger partial charge in [-0.05, 0) is 73.3 Å². The van der Waals surface area contributed by atoms with Crippen LogP contribution in [0, 0.1) is 0 Å². The minimum Gasteiger partial charge on any atom is -0.382 e. The first-order valence-electron chi connectivity index (χ1n) is 15.1. The van der Waals surface area contributed by atoms with Crippen molar-refractivity contribution in [2.75, 3.05) is 24.7 Å². The lowest BCUT2D eigenvalue weighted by Crippen LogP contribution is -2.75. The first-order valence-corrected chi connectivity index (χ1v) is 17.1. The number of ether oxygens (including phenoxy) is 9. The number of hydrogen-bond donors (Lipinski definition) is 2. The molecule has 6 rings (SSSR count). The maximum atomic E-state index is 13.5. The minimum absolute atomic E-state index is 0.208. The van der Waals surface area contributed by atoms with Gasteiger partial charge in [0.1, 0.15) is 40.7 Å². The van der Waals surface area contributed by atoms with E-state index in [1.807, 2.05) is 41.5 Å². The largest absolute Gasteiger partial charge is 0.382 e. The van der Waals surface area contributed by atoms with Crippen molar-refractivity contribution < 1.29 is 52.5 Å². The van der Waals surface area contributed by atoms with Crippen LogP contribution in [-0.2, 0) is 47.4 Å². The van der Waals surface area contributed by atoms with Crippen LogP contribution < -0.4 is 5.32 Å². The van der Waals surface area contributed by atoms with Crippen molar-refractivity contribution in [3.63, 3.8) is 0 Å². The zero-order valence-electron chi connectivity index (χ0n) is 26.5. The van der Waals surface area contributed by atoms with E-state index >= 15 is 0 Å². The van der Waals surface area contributed by atoms with Gasteiger partial charge in [-0.15, -0.1) is 23.5 Å². The molecule has 43 heavy (non-hydrogen) atoms. The lowest BCUT2D eigenvalue weighted by atomic mass is 9.79. The number of rotatable bonds is 6. The second-order valence-corrected chi connectivity index (χ2v) is 16.9. The van der Waals surface area contributed by atoms with Crippen LogP contribution in [0.3, 0.4) is 0 Å². The number of fused-ring (bicyclic) bond motifs is 1. The number of nitrogens with one attached hydrogen (secondary N) is 1. The summed E-state index contributed by atoms with van der Waals surface area (Å²) < 4.78 is 55.7. The molecule has 1 amide bonds. The van der Waals surface area contributed by atoms with E-state index in [1.165, 1.54) is 6.92 Å². The molecule has 12 nitrogen and oxygen atoms in total. The van der Waals surface area contributed by atoms with Gasteiger partial charge in [0.2, 0.25) is 5.91 Å². The SMILES string of the molecule is CC(=O)N[C@H]([C@H]1OC(C)(C)O[C@@H]1[C@H]1COC(C)(C)O1)C1([C@@]2(O)[C@@H]([C@H]3COC(C)(C)O3)O[C@@H]3OC(C)(C)O[C@@H]32)SCCCS1. The molecule has 0 bridgehead atoms. The third-order valence-corrected chi connectivity index (χ3v) is 12.4. The van der Waals surface area contributed by atoms with Gasteiger partial charge in [0.15, 0.2) is 35.0 Å². The predicted octanol–water partition coefficient (Wildman–Crippen LogP) is 2.49. The van der Waals surface area contributed by atoms with Gasteiger partial charge in [-0.3, -0.25) is 4.79 Å². The van der Waals surface area contributed by atoms with E-state index in [1.54, 1.807) is 37.4 Å². The molecule has 0 unspecified atom stereocenters. The summed E-state index contributed by atoms with van der Waals surface area (Å²) in [7, 11) is 0. The summed E-state index contributed by atoms with van der Waals surface area (Å²) >= 11 is 3.16. The van der Waals surface area contributed by atoms with Crippen molar-refractivity contribution in [3.8, 4) is 0 Å². The van der Waals surface area contributed by atoms with Crippen LogP contribution in [0.4, 0.5) is 0 Å². The van der Waals surface area contributed by atoms with E-state index in [4.69, 9.17) is 42.6 Å². The van der Waals surface area contributed by atoms with Crippen LogP contribution in [0.1, 0.15) is 68.7 Å². The Hall–Kier alpha value is -0.230. The predicted molar refractivity (Wildman–Crippen MR) is 157 cm³/mol. The molecule has 0 aliphatic carbocycles. The molecule has 0 saturated carbocycles. The molecule has 0 aromatic heterocycles. The van der Waals surface area contributed by atoms with Gasteiger partial charge in [-0.2, -0.15) is 0 Å². The zero-order chi connectivity index (χ0) is 31.2. The van der Waals surface area contributed by atoms with Crippen LogP contribution in [0.15, 0.2) is 0 Å². The van der Waals surface area contributed by atoms with Crippen molar-refractivity contribution >= 4 is 29.4 Å². The highest BCUT2D eigenvalue weighted by Crippen LogP contribution is 2.62. The maximum absolute atomic E-state index is 13.5. The van der Waals surface area contributed by atoms with Crippen molar-refractivity contribution in [1.29, 1.82) is 0 Å². The smallest absolute Gasteiger partial charge is 0.217 e. The van der Waals surface area contributed by atoms with Crippen molar-refractivity contribution in [3.05, 3.63) is 0 Å². The van der Waals surface area contributed by atoms with Gasteiger partial charge in [-0.25, -0.2) is 0 Å². The number of hydrogen-bond acceptors (Lipinski definition) is 13. The Morgan fingerprint density at radius 2 is 1.35 bits per heavy atom. The molecule has 0 aromatic carbocycles. The quantitative estimate of drug-likeness (QED) is 0.437. The molecule has 6 fully saturated rings. The fourth-order valence-electron chi connectivity index (χ4n) is 7.23. The molecule has 14 heteroatoms. The lowest BCUT2D eigenvalue weighted by Gasteiger charge is -2.55. The van der Waals surface area contributed by atoms with Gasteiger partial charge < -0.3 is 53.1 Å². The number of amides is 1. The Kier molecular flexibility index (Phi) is 8.30. The molecule has 6 saturated heterocycles. The van der Waals surface area contributed by atoms with Crippen LogP contribution >= 0.6 is 23.5 Å². The standard InChI is InChI=1S/C29H47NO11S2/c1-15(31)30-20(19-18(38-26(6,7)39-19)16-13-33-24(2,3)36-16)29(42-11-10-12-43-29)28(32)21(17-14-34-25(4,5)37-17)35-23-22(28)40-27(8,9)41-23/h16-23,32H,10-14H2,1-9H3,(H,30,31)/t16-,17-,18-,19+,20-,21-,22+,23-,28-/m1/s1. The number of aliphatic hydroxyl groups is 1. The molecule has 0 spiro atoms. The fraction of sp³-hybridized carbons (Fsp3) is 0.966. The molecular weight excluding hydrogens is 602 g/mol. The Morgan fingerprint density at radius 3 is 1.91 bits per heavy atom. The Morgan fingerprint density at radius 1 is 0.767 bits per heavy atom. The van der Waals surface area contributed by atoms with Crippen LogP contribution in [0.2, 0.25) is 0 Å². The van der Waals surface area contributed by atoms with Gasteiger partial charge >= 0.3 is 0 Å². The van der Waals surface area contributed by atoms with E-state index < -0.39 is 81.8 Å². The van der Waals surface area contributed by atoms with Crippen molar-refractivity contribution in [1.82, 2.24) is 5.32 Å². The fourth-order valence-corrected chi connectivity index (χ4v) is 11.1. The summed E-state index contributed by atoms with van der Waals surface area (Å²) in [5.74, 6) is -2.48. The van der Waals surface area contributed by atoms with Gasteiger partial charge in [0.25, 0.3) is 0 Å². The van der Waals surface area contributed by atoms with Gasteiger partial charge in [-0.1, -0.05) is 0 Å². The number of carbonyl (C=O) groups is 1. The second kappa shape index (κ2) is 10.9. The van der Waals surface area contributed by atoms with Gasteiger partial charge in [0, 0.05) is 6.92 Å². The Bertz CT molecular complexity index is 1080. The van der Waals surface area contributed by atoms with E-state index in [2.05, 4.69) is 5.32 Å². The molecule has 2 N–H and O–H groups in total. The number of carbonyl (C=O) groups excluding carboxylic acids is 1. The summed E-state index contributed by atoms with van der Waals surface area (Å²) in [5, 5.41) is 16.7. The average Bonchev–Trinajstić information content (AvgIpc) is 3.66. The van der Waals surface area contributed by atoms with E-state index in [9.17, 15) is 9.90 Å². The first kappa shape index (κ1) is 32.7. The van der Waals surface area contributed by atoms with Crippen LogP contribution in [0.25, 0.3) is 0 Å². The highest BCUT2D eigenvalue weighted by atomic mass is 32.2. The van der Waals surface area contributed by atoms with Crippen LogP contribution in [-0.4, -0.2) is 118 Å². The van der Waals surface area contributed by atoms with Crippen LogP contribution in [0.5, 0.6) is 0 Å². The summed E-state index contributed by atoms with van der Waals surface area (Å²) in [6.07, 6.45) is -4.18. The summed E-state index contributed by atoms with van der Waals surface area (Å²) in [6, 6.07) is -0.781. The average molecular weight is 650 g/mol. The van der Waals surface area contributed by atoms with E-state index in [0.29, 0.717) is 6.61 Å². The molecule has 6 aliphatic rings.